The molecule has 0 saturated carbocycles. The molecule has 0 atom stereocenters. The number of morpholine rings is 1. The van der Waals surface area contributed by atoms with Crippen LogP contribution in [0.15, 0.2) is 4.99 Å². The zero-order valence-electron chi connectivity index (χ0n) is 16.1. The molecular formula is C18H38IN5O. The van der Waals surface area contributed by atoms with Gasteiger partial charge in [-0.1, -0.05) is 6.92 Å². The van der Waals surface area contributed by atoms with Gasteiger partial charge >= 0.3 is 0 Å². The quantitative estimate of drug-likeness (QED) is 0.247. The molecule has 2 aliphatic heterocycles. The fourth-order valence-corrected chi connectivity index (χ4v) is 3.44. The first kappa shape index (κ1) is 22.9. The maximum absolute atomic E-state index is 5.39. The molecule has 2 saturated heterocycles. The lowest BCUT2D eigenvalue weighted by Gasteiger charge is -2.32. The van der Waals surface area contributed by atoms with Gasteiger partial charge in [-0.2, -0.15) is 0 Å². The molecule has 2 aliphatic rings. The highest BCUT2D eigenvalue weighted by molar-refractivity contribution is 14.0. The molecule has 2 N–H and O–H groups in total. The summed E-state index contributed by atoms with van der Waals surface area (Å²) in [6.07, 6.45) is 4.81. The Hall–Kier alpha value is -0.120. The highest BCUT2D eigenvalue weighted by Crippen LogP contribution is 2.10. The van der Waals surface area contributed by atoms with E-state index in [1.165, 1.54) is 38.9 Å². The molecule has 2 heterocycles. The first-order chi connectivity index (χ1) is 11.8. The van der Waals surface area contributed by atoms with Crippen LogP contribution in [0.5, 0.6) is 0 Å². The molecule has 0 aromatic heterocycles. The molecule has 6 nitrogen and oxygen atoms in total. The standard InChI is InChI=1S/C18H37N5O.HI/c1-3-9-22-11-6-17(7-12-22)21-18(19-4-2)20-8-5-10-23-13-15-24-16-14-23;/h17H,3-16H2,1-2H3,(H2,19,20,21);1H. The van der Waals surface area contributed by atoms with Crippen LogP contribution in [0.2, 0.25) is 0 Å². The molecule has 2 rings (SSSR count). The number of hydrogen-bond acceptors (Lipinski definition) is 4. The van der Waals surface area contributed by atoms with Gasteiger partial charge in [0.1, 0.15) is 0 Å². The monoisotopic (exact) mass is 467 g/mol. The second-order valence-electron chi connectivity index (χ2n) is 6.83. The molecule has 0 aliphatic carbocycles. The van der Waals surface area contributed by atoms with Gasteiger partial charge in [0.2, 0.25) is 0 Å². The average molecular weight is 467 g/mol. The summed E-state index contributed by atoms with van der Waals surface area (Å²) in [7, 11) is 0. The zero-order chi connectivity index (χ0) is 17.0. The number of piperidine rings is 1. The van der Waals surface area contributed by atoms with Gasteiger partial charge in [0.05, 0.1) is 13.2 Å². The van der Waals surface area contributed by atoms with Gasteiger partial charge in [-0.05, 0) is 39.2 Å². The number of rotatable bonds is 8. The van der Waals surface area contributed by atoms with Crippen LogP contribution < -0.4 is 10.6 Å². The molecule has 0 spiro atoms. The van der Waals surface area contributed by atoms with E-state index in [4.69, 9.17) is 9.73 Å². The Morgan fingerprint density at radius 3 is 2.36 bits per heavy atom. The van der Waals surface area contributed by atoms with E-state index in [-0.39, 0.29) is 24.0 Å². The first-order valence-electron chi connectivity index (χ1n) is 9.89. The van der Waals surface area contributed by atoms with E-state index in [0.29, 0.717) is 6.04 Å². The largest absolute Gasteiger partial charge is 0.379 e. The summed E-state index contributed by atoms with van der Waals surface area (Å²) in [5.41, 5.74) is 0. The smallest absolute Gasteiger partial charge is 0.191 e. The normalized spacial score (nSPS) is 21.0. The number of halogens is 1. The molecule has 0 amide bonds. The summed E-state index contributed by atoms with van der Waals surface area (Å²) in [4.78, 5) is 9.82. The van der Waals surface area contributed by atoms with Crippen molar-refractivity contribution in [2.75, 3.05) is 65.6 Å². The van der Waals surface area contributed by atoms with E-state index >= 15 is 0 Å². The van der Waals surface area contributed by atoms with Gasteiger partial charge in [0.25, 0.3) is 0 Å². The van der Waals surface area contributed by atoms with Gasteiger partial charge in [0.15, 0.2) is 5.96 Å². The fourth-order valence-electron chi connectivity index (χ4n) is 3.44. The minimum Gasteiger partial charge on any atom is -0.379 e. The van der Waals surface area contributed by atoms with Crippen molar-refractivity contribution in [3.05, 3.63) is 0 Å². The molecule has 7 heteroatoms. The summed E-state index contributed by atoms with van der Waals surface area (Å²) in [6.45, 7) is 14.9. The van der Waals surface area contributed by atoms with Crippen LogP contribution in [-0.2, 0) is 4.74 Å². The minimum atomic E-state index is 0. The fraction of sp³-hybridized carbons (Fsp3) is 0.944. The van der Waals surface area contributed by atoms with Gasteiger partial charge in [-0.25, -0.2) is 0 Å². The highest BCUT2D eigenvalue weighted by Gasteiger charge is 2.19. The van der Waals surface area contributed by atoms with Crippen LogP contribution in [-0.4, -0.2) is 87.4 Å². The third-order valence-electron chi connectivity index (χ3n) is 4.82. The molecule has 0 aromatic carbocycles. The number of nitrogens with zero attached hydrogens (tertiary/aromatic N) is 3. The van der Waals surface area contributed by atoms with E-state index in [9.17, 15) is 0 Å². The van der Waals surface area contributed by atoms with Crippen LogP contribution in [0, 0.1) is 0 Å². The van der Waals surface area contributed by atoms with Gasteiger partial charge in [-0.3, -0.25) is 9.89 Å². The van der Waals surface area contributed by atoms with Crippen molar-refractivity contribution in [2.24, 2.45) is 4.99 Å². The summed E-state index contributed by atoms with van der Waals surface area (Å²) in [6, 6.07) is 0.565. The molecule has 0 bridgehead atoms. The van der Waals surface area contributed by atoms with Crippen molar-refractivity contribution in [3.63, 3.8) is 0 Å². The lowest BCUT2D eigenvalue weighted by Crippen LogP contribution is -2.48. The molecule has 0 unspecified atom stereocenters. The second kappa shape index (κ2) is 14.0. The lowest BCUT2D eigenvalue weighted by atomic mass is 10.1. The van der Waals surface area contributed by atoms with Crippen LogP contribution in [0.25, 0.3) is 0 Å². The Morgan fingerprint density at radius 1 is 1.04 bits per heavy atom. The number of aliphatic imine (C=N–C) groups is 1. The van der Waals surface area contributed by atoms with Crippen molar-refractivity contribution in [1.82, 2.24) is 20.4 Å². The Bertz CT molecular complexity index is 355. The predicted octanol–water partition coefficient (Wildman–Crippen LogP) is 1.76. The maximum Gasteiger partial charge on any atom is 0.191 e. The third kappa shape index (κ3) is 9.40. The molecule has 2 fully saturated rings. The Balaban J connectivity index is 0.00000312. The summed E-state index contributed by atoms with van der Waals surface area (Å²) in [5.74, 6) is 0.994. The Kier molecular flexibility index (Phi) is 12.8. The molecule has 0 radical (unpaired) electrons. The summed E-state index contributed by atoms with van der Waals surface area (Å²) >= 11 is 0. The first-order valence-corrected chi connectivity index (χ1v) is 9.89. The summed E-state index contributed by atoms with van der Waals surface area (Å²) in [5, 5.41) is 7.03. The van der Waals surface area contributed by atoms with Crippen LogP contribution in [0.3, 0.4) is 0 Å². The Morgan fingerprint density at radius 2 is 1.72 bits per heavy atom. The Labute approximate surface area is 171 Å². The lowest BCUT2D eigenvalue weighted by molar-refractivity contribution is 0.0377. The van der Waals surface area contributed by atoms with E-state index in [0.717, 1.165) is 58.3 Å². The van der Waals surface area contributed by atoms with Crippen molar-refractivity contribution in [2.45, 2.75) is 45.6 Å². The number of likely N-dealkylation sites (tertiary alicyclic amines) is 1. The SMILES string of the molecule is CCCN1CCC(NC(=NCCCN2CCOCC2)NCC)CC1.I. The molecule has 148 valence electrons. The summed E-state index contributed by atoms with van der Waals surface area (Å²) < 4.78 is 5.39. The van der Waals surface area contributed by atoms with E-state index < -0.39 is 0 Å². The third-order valence-corrected chi connectivity index (χ3v) is 4.82. The maximum atomic E-state index is 5.39. The zero-order valence-corrected chi connectivity index (χ0v) is 18.5. The molecular weight excluding hydrogens is 429 g/mol. The topological polar surface area (TPSA) is 52.1 Å². The number of nitrogens with one attached hydrogen (secondary N) is 2. The van der Waals surface area contributed by atoms with Crippen molar-refractivity contribution in [3.8, 4) is 0 Å². The van der Waals surface area contributed by atoms with E-state index in [1.54, 1.807) is 0 Å². The van der Waals surface area contributed by atoms with E-state index in [2.05, 4.69) is 34.3 Å². The minimum absolute atomic E-state index is 0. The molecule has 0 aromatic rings. The van der Waals surface area contributed by atoms with Crippen molar-refractivity contribution >= 4 is 29.9 Å². The van der Waals surface area contributed by atoms with Crippen molar-refractivity contribution < 1.29 is 4.74 Å². The predicted molar refractivity (Wildman–Crippen MR) is 116 cm³/mol. The van der Waals surface area contributed by atoms with Crippen LogP contribution in [0.1, 0.15) is 39.5 Å². The van der Waals surface area contributed by atoms with Crippen LogP contribution in [0.4, 0.5) is 0 Å². The van der Waals surface area contributed by atoms with E-state index in [1.807, 2.05) is 0 Å². The second-order valence-corrected chi connectivity index (χ2v) is 6.83. The van der Waals surface area contributed by atoms with Gasteiger partial charge in [-0.15, -0.1) is 24.0 Å². The number of hydrogen-bond donors (Lipinski definition) is 2. The van der Waals surface area contributed by atoms with Crippen molar-refractivity contribution in [1.29, 1.82) is 0 Å². The van der Waals surface area contributed by atoms with Crippen LogP contribution >= 0.6 is 24.0 Å². The number of ether oxygens (including phenoxy) is 1. The van der Waals surface area contributed by atoms with Gasteiger partial charge in [0, 0.05) is 51.9 Å². The van der Waals surface area contributed by atoms with Gasteiger partial charge < -0.3 is 20.3 Å². The number of guanidine groups is 1. The molecule has 25 heavy (non-hydrogen) atoms. The average Bonchev–Trinajstić information content (AvgIpc) is 2.61. The highest BCUT2D eigenvalue weighted by atomic mass is 127.